The second kappa shape index (κ2) is 6.45. The highest BCUT2D eigenvalue weighted by molar-refractivity contribution is 7.89. The largest absolute Gasteiger partial charge is 0.481 e. The number of amides is 1. The highest BCUT2D eigenvalue weighted by Gasteiger charge is 2.35. The summed E-state index contributed by atoms with van der Waals surface area (Å²) in [5, 5.41) is 11.6. The van der Waals surface area contributed by atoms with Crippen LogP contribution in [0.5, 0.6) is 0 Å². The Labute approximate surface area is 129 Å². The van der Waals surface area contributed by atoms with E-state index in [1.165, 1.54) is 12.1 Å². The third kappa shape index (κ3) is 3.63. The van der Waals surface area contributed by atoms with Crippen molar-refractivity contribution >= 4 is 21.9 Å². The molecule has 2 N–H and O–H groups in total. The number of sulfonamides is 1. The first-order valence-electron chi connectivity index (χ1n) is 6.87. The summed E-state index contributed by atoms with van der Waals surface area (Å²) in [6, 6.07) is 5.46. The average molecular weight is 326 g/mol. The molecule has 0 bridgehead atoms. The van der Waals surface area contributed by atoms with Gasteiger partial charge in [0.1, 0.15) is 0 Å². The van der Waals surface area contributed by atoms with Crippen molar-refractivity contribution in [3.05, 3.63) is 29.8 Å². The maximum absolute atomic E-state index is 12.7. The number of carbonyl (C=O) groups is 2. The minimum atomic E-state index is -3.84. The summed E-state index contributed by atoms with van der Waals surface area (Å²) in [5.41, 5.74) is 0.925. The molecular formula is C14H18N2O5S. The van der Waals surface area contributed by atoms with Gasteiger partial charge in [-0.1, -0.05) is 17.7 Å². The number of hydrogen-bond donors (Lipinski definition) is 2. The van der Waals surface area contributed by atoms with E-state index in [0.717, 1.165) is 9.87 Å². The van der Waals surface area contributed by atoms with Crippen molar-refractivity contribution < 1.29 is 23.1 Å². The molecule has 1 aromatic carbocycles. The summed E-state index contributed by atoms with van der Waals surface area (Å²) in [6.45, 7) is 2.07. The van der Waals surface area contributed by atoms with Gasteiger partial charge in [0.2, 0.25) is 15.9 Å². The second-order valence-electron chi connectivity index (χ2n) is 5.23. The van der Waals surface area contributed by atoms with Gasteiger partial charge in [-0.3, -0.25) is 9.59 Å². The third-order valence-corrected chi connectivity index (χ3v) is 5.49. The number of benzene rings is 1. The number of rotatable bonds is 4. The van der Waals surface area contributed by atoms with E-state index in [1.807, 2.05) is 6.92 Å². The highest BCUT2D eigenvalue weighted by Crippen LogP contribution is 2.23. The summed E-state index contributed by atoms with van der Waals surface area (Å²) in [4.78, 5) is 22.7. The third-order valence-electron chi connectivity index (χ3n) is 3.52. The Kier molecular flexibility index (Phi) is 4.82. The van der Waals surface area contributed by atoms with Gasteiger partial charge in [-0.05, 0) is 19.1 Å². The van der Waals surface area contributed by atoms with Crippen LogP contribution in [-0.4, -0.2) is 48.8 Å². The van der Waals surface area contributed by atoms with Crippen molar-refractivity contribution in [2.24, 2.45) is 0 Å². The first-order chi connectivity index (χ1) is 10.3. The van der Waals surface area contributed by atoms with Gasteiger partial charge in [0, 0.05) is 25.6 Å². The van der Waals surface area contributed by atoms with Gasteiger partial charge >= 0.3 is 5.97 Å². The zero-order chi connectivity index (χ0) is 16.3. The van der Waals surface area contributed by atoms with Crippen LogP contribution in [0.2, 0.25) is 0 Å². The monoisotopic (exact) mass is 326 g/mol. The topological polar surface area (TPSA) is 104 Å². The van der Waals surface area contributed by atoms with E-state index in [0.29, 0.717) is 0 Å². The van der Waals surface area contributed by atoms with E-state index in [4.69, 9.17) is 5.11 Å². The minimum absolute atomic E-state index is 0.0555. The molecule has 1 heterocycles. The van der Waals surface area contributed by atoms with Gasteiger partial charge in [0.05, 0.1) is 11.3 Å². The highest BCUT2D eigenvalue weighted by atomic mass is 32.2. The van der Waals surface area contributed by atoms with Crippen molar-refractivity contribution in [2.45, 2.75) is 30.7 Å². The van der Waals surface area contributed by atoms with Crippen molar-refractivity contribution in [1.82, 2.24) is 9.62 Å². The Morgan fingerprint density at radius 1 is 1.36 bits per heavy atom. The Balaban J connectivity index is 2.37. The maximum Gasteiger partial charge on any atom is 0.304 e. The molecule has 1 fully saturated rings. The van der Waals surface area contributed by atoms with Gasteiger partial charge in [0.25, 0.3) is 0 Å². The van der Waals surface area contributed by atoms with Gasteiger partial charge in [-0.15, -0.1) is 0 Å². The van der Waals surface area contributed by atoms with E-state index >= 15 is 0 Å². The lowest BCUT2D eigenvalue weighted by atomic mass is 10.1. The van der Waals surface area contributed by atoms with Crippen molar-refractivity contribution in [3.8, 4) is 0 Å². The van der Waals surface area contributed by atoms with Crippen LogP contribution in [0.3, 0.4) is 0 Å². The number of nitrogens with zero attached hydrogens (tertiary/aromatic N) is 1. The second-order valence-corrected chi connectivity index (χ2v) is 7.13. The number of hydrogen-bond acceptors (Lipinski definition) is 4. The molecule has 0 radical (unpaired) electrons. The normalized spacial score (nSPS) is 20.2. The Bertz CT molecular complexity index is 669. The van der Waals surface area contributed by atoms with E-state index < -0.39 is 28.5 Å². The van der Waals surface area contributed by atoms with E-state index in [1.54, 1.807) is 12.1 Å². The van der Waals surface area contributed by atoms with Crippen LogP contribution in [-0.2, 0) is 19.6 Å². The Morgan fingerprint density at radius 2 is 2.00 bits per heavy atom. The van der Waals surface area contributed by atoms with E-state index in [2.05, 4.69) is 5.32 Å². The molecule has 2 rings (SSSR count). The van der Waals surface area contributed by atoms with E-state index in [9.17, 15) is 18.0 Å². The summed E-state index contributed by atoms with van der Waals surface area (Å²) >= 11 is 0. The lowest BCUT2D eigenvalue weighted by Gasteiger charge is -2.27. The molecule has 0 spiro atoms. The molecule has 1 amide bonds. The number of carboxylic acid groups (broad SMARTS) is 1. The van der Waals surface area contributed by atoms with Crippen LogP contribution in [0, 0.1) is 6.92 Å². The summed E-state index contributed by atoms with van der Waals surface area (Å²) in [7, 11) is -3.84. The molecule has 1 atom stereocenters. The molecular weight excluding hydrogens is 308 g/mol. The molecule has 0 aromatic heterocycles. The fourth-order valence-electron chi connectivity index (χ4n) is 2.41. The zero-order valence-electron chi connectivity index (χ0n) is 12.2. The smallest absolute Gasteiger partial charge is 0.304 e. The Hall–Kier alpha value is -1.93. The first-order valence-corrected chi connectivity index (χ1v) is 8.31. The molecule has 0 saturated carbocycles. The van der Waals surface area contributed by atoms with Crippen LogP contribution in [0.25, 0.3) is 0 Å². The van der Waals surface area contributed by atoms with Crippen LogP contribution in [0.15, 0.2) is 29.2 Å². The predicted octanol–water partition coefficient (Wildman–Crippen LogP) is 0.349. The zero-order valence-corrected chi connectivity index (χ0v) is 13.0. The average Bonchev–Trinajstić information content (AvgIpc) is 2.60. The number of aliphatic carboxylic acids is 1. The van der Waals surface area contributed by atoms with E-state index in [-0.39, 0.29) is 30.3 Å². The quantitative estimate of drug-likeness (QED) is 0.831. The summed E-state index contributed by atoms with van der Waals surface area (Å²) in [5.74, 6) is -1.48. The van der Waals surface area contributed by atoms with Crippen molar-refractivity contribution in [2.75, 3.05) is 13.1 Å². The van der Waals surface area contributed by atoms with Gasteiger partial charge in [-0.25, -0.2) is 8.42 Å². The first kappa shape index (κ1) is 16.4. The Morgan fingerprint density at radius 3 is 2.59 bits per heavy atom. The van der Waals surface area contributed by atoms with Crippen LogP contribution in [0.1, 0.15) is 18.4 Å². The minimum Gasteiger partial charge on any atom is -0.481 e. The molecule has 120 valence electrons. The lowest BCUT2D eigenvalue weighted by molar-refractivity contribution is -0.138. The van der Waals surface area contributed by atoms with Crippen LogP contribution >= 0.6 is 0 Å². The molecule has 1 aromatic rings. The lowest BCUT2D eigenvalue weighted by Crippen LogP contribution is -2.42. The van der Waals surface area contributed by atoms with Crippen LogP contribution in [0.4, 0.5) is 0 Å². The predicted molar refractivity (Wildman–Crippen MR) is 78.7 cm³/mol. The maximum atomic E-state index is 12.7. The van der Waals surface area contributed by atoms with Gasteiger partial charge in [0.15, 0.2) is 0 Å². The molecule has 1 aliphatic rings. The van der Waals surface area contributed by atoms with Crippen molar-refractivity contribution in [1.29, 1.82) is 0 Å². The molecule has 7 nitrogen and oxygen atoms in total. The van der Waals surface area contributed by atoms with Gasteiger partial charge < -0.3 is 10.4 Å². The summed E-state index contributed by atoms with van der Waals surface area (Å²) < 4.78 is 26.6. The molecule has 0 aliphatic carbocycles. The SMILES string of the molecule is Cc1ccc(S(=O)(=O)N2CCNC(=O)CC2CC(=O)O)cc1. The number of aryl methyl sites for hydroxylation is 1. The number of carboxylic acids is 1. The number of nitrogens with one attached hydrogen (secondary N) is 1. The molecule has 1 unspecified atom stereocenters. The van der Waals surface area contributed by atoms with Gasteiger partial charge in [-0.2, -0.15) is 4.31 Å². The molecule has 8 heteroatoms. The molecule has 1 saturated heterocycles. The summed E-state index contributed by atoms with van der Waals surface area (Å²) in [6.07, 6.45) is -0.560. The fraction of sp³-hybridized carbons (Fsp3) is 0.429. The fourth-order valence-corrected chi connectivity index (χ4v) is 4.04. The van der Waals surface area contributed by atoms with Crippen molar-refractivity contribution in [3.63, 3.8) is 0 Å². The molecule has 1 aliphatic heterocycles. The molecule has 22 heavy (non-hydrogen) atoms. The number of carbonyl (C=O) groups excluding carboxylic acids is 1. The van der Waals surface area contributed by atoms with Crippen LogP contribution < -0.4 is 5.32 Å². The standard InChI is InChI=1S/C14H18N2O5S/c1-10-2-4-12(5-3-10)22(20,21)16-7-6-15-13(17)8-11(16)9-14(18)19/h2-5,11H,6-9H2,1H3,(H,15,17)(H,18,19).